The first-order valence-corrected chi connectivity index (χ1v) is 10.0. The summed E-state index contributed by atoms with van der Waals surface area (Å²) in [5.74, 6) is -0.00709. The Hall–Kier alpha value is -3.15. The van der Waals surface area contributed by atoms with Crippen LogP contribution in [0.15, 0.2) is 64.2 Å². The van der Waals surface area contributed by atoms with E-state index >= 15 is 0 Å². The number of nitrogens with one attached hydrogen (secondary N) is 1. The zero-order valence-corrected chi connectivity index (χ0v) is 16.9. The van der Waals surface area contributed by atoms with Crippen molar-refractivity contribution in [2.24, 2.45) is 0 Å². The van der Waals surface area contributed by atoms with Crippen LogP contribution in [0.2, 0.25) is 0 Å². The lowest BCUT2D eigenvalue weighted by atomic mass is 10.2. The van der Waals surface area contributed by atoms with Gasteiger partial charge in [-0.15, -0.1) is 0 Å². The largest absolute Gasteiger partial charge is 0.354 e. The van der Waals surface area contributed by atoms with E-state index in [9.17, 15) is 14.4 Å². The fourth-order valence-corrected chi connectivity index (χ4v) is 3.44. The number of hydrogen-bond donors (Lipinski definition) is 1. The van der Waals surface area contributed by atoms with Crippen LogP contribution in [0.3, 0.4) is 0 Å². The Bertz CT molecular complexity index is 1100. The highest BCUT2D eigenvalue weighted by Gasteiger charge is 2.13. The van der Waals surface area contributed by atoms with Crippen molar-refractivity contribution in [1.29, 1.82) is 0 Å². The summed E-state index contributed by atoms with van der Waals surface area (Å²) < 4.78 is 2.95. The van der Waals surface area contributed by atoms with Gasteiger partial charge in [0.2, 0.25) is 5.91 Å². The highest BCUT2D eigenvalue weighted by Crippen LogP contribution is 2.10. The number of amides is 1. The van der Waals surface area contributed by atoms with Crippen LogP contribution in [0, 0.1) is 0 Å². The maximum absolute atomic E-state index is 13.1. The lowest BCUT2D eigenvalue weighted by molar-refractivity contribution is -0.121. The van der Waals surface area contributed by atoms with E-state index in [1.54, 1.807) is 10.6 Å². The summed E-state index contributed by atoms with van der Waals surface area (Å²) in [6, 6.07) is 17.0. The first-order chi connectivity index (χ1) is 14.0. The zero-order chi connectivity index (χ0) is 20.8. The third-order valence-electron chi connectivity index (χ3n) is 4.80. The van der Waals surface area contributed by atoms with Crippen molar-refractivity contribution >= 4 is 16.8 Å². The van der Waals surface area contributed by atoms with E-state index in [-0.39, 0.29) is 23.2 Å². The van der Waals surface area contributed by atoms with Gasteiger partial charge in [0.1, 0.15) is 0 Å². The van der Waals surface area contributed by atoms with E-state index in [4.69, 9.17) is 0 Å². The van der Waals surface area contributed by atoms with Crippen molar-refractivity contribution in [2.75, 3.05) is 0 Å². The van der Waals surface area contributed by atoms with Crippen molar-refractivity contribution in [3.8, 4) is 0 Å². The summed E-state index contributed by atoms with van der Waals surface area (Å²) in [7, 11) is 0. The van der Waals surface area contributed by atoms with Crippen molar-refractivity contribution in [2.45, 2.75) is 52.2 Å². The highest BCUT2D eigenvalue weighted by atomic mass is 16.2. The number of fused-ring (bicyclic) bond motifs is 1. The number of nitrogens with zero attached hydrogens (tertiary/aromatic N) is 2. The molecule has 0 radical (unpaired) electrons. The monoisotopic (exact) mass is 393 g/mol. The number of rotatable bonds is 8. The molecule has 0 fully saturated rings. The summed E-state index contributed by atoms with van der Waals surface area (Å²) in [4.78, 5) is 37.8. The van der Waals surface area contributed by atoms with E-state index in [0.29, 0.717) is 43.3 Å². The van der Waals surface area contributed by atoms with Gasteiger partial charge >= 0.3 is 5.69 Å². The number of carbonyl (C=O) groups is 1. The van der Waals surface area contributed by atoms with Crippen molar-refractivity contribution in [3.63, 3.8) is 0 Å². The average Bonchev–Trinajstić information content (AvgIpc) is 2.71. The van der Waals surface area contributed by atoms with E-state index in [2.05, 4.69) is 5.32 Å². The molecule has 152 valence electrons. The number of unbranched alkanes of at least 4 members (excludes halogenated alkanes) is 1. The lowest BCUT2D eigenvalue weighted by Gasteiger charge is -2.14. The molecule has 1 heterocycles. The number of aromatic nitrogens is 2. The summed E-state index contributed by atoms with van der Waals surface area (Å²) in [5.41, 5.74) is 1.04. The molecule has 1 aromatic heterocycles. The van der Waals surface area contributed by atoms with Crippen LogP contribution in [0.1, 0.15) is 38.7 Å². The molecule has 0 aliphatic heterocycles. The normalized spacial score (nSPS) is 11.1. The maximum atomic E-state index is 13.1. The van der Waals surface area contributed by atoms with Crippen LogP contribution in [0.25, 0.3) is 10.9 Å². The number of carbonyl (C=O) groups excluding carboxylic acids is 1. The minimum Gasteiger partial charge on any atom is -0.354 e. The number of benzene rings is 2. The molecule has 0 bridgehead atoms. The van der Waals surface area contributed by atoms with Gasteiger partial charge in [-0.3, -0.25) is 18.7 Å². The van der Waals surface area contributed by atoms with Crippen molar-refractivity contribution < 1.29 is 4.79 Å². The second kappa shape index (κ2) is 9.37. The number of hydrogen-bond acceptors (Lipinski definition) is 3. The summed E-state index contributed by atoms with van der Waals surface area (Å²) in [6.07, 6.45) is 1.60. The fraction of sp³-hybridized carbons (Fsp3) is 0.348. The molecule has 6 heteroatoms. The predicted octanol–water partition coefficient (Wildman–Crippen LogP) is 2.91. The lowest BCUT2D eigenvalue weighted by Crippen LogP contribution is -2.40. The molecule has 0 spiro atoms. The molecule has 0 atom stereocenters. The third kappa shape index (κ3) is 5.02. The molecule has 29 heavy (non-hydrogen) atoms. The van der Waals surface area contributed by atoms with Crippen LogP contribution < -0.4 is 16.6 Å². The summed E-state index contributed by atoms with van der Waals surface area (Å²) in [5, 5.41) is 3.38. The Morgan fingerprint density at radius 2 is 1.62 bits per heavy atom. The molecular weight excluding hydrogens is 366 g/mol. The molecule has 0 unspecified atom stereocenters. The van der Waals surface area contributed by atoms with Crippen LogP contribution in [-0.2, 0) is 17.9 Å². The standard InChI is InChI=1S/C23H27N3O3/c1-17(2)24-21(27)14-8-9-15-25-22(28)19-12-6-7-13-20(19)26(23(25)29)16-18-10-4-3-5-11-18/h3-7,10-13,17H,8-9,14-16H2,1-2H3,(H,24,27). The average molecular weight is 393 g/mol. The second-order valence-electron chi connectivity index (χ2n) is 7.51. The second-order valence-corrected chi connectivity index (χ2v) is 7.51. The Morgan fingerprint density at radius 1 is 0.931 bits per heavy atom. The Labute approximate surface area is 169 Å². The topological polar surface area (TPSA) is 73.1 Å². The van der Waals surface area contributed by atoms with Gasteiger partial charge in [0.25, 0.3) is 5.56 Å². The molecule has 0 saturated carbocycles. The van der Waals surface area contributed by atoms with Crippen molar-refractivity contribution in [1.82, 2.24) is 14.5 Å². The molecule has 3 rings (SSSR count). The minimum absolute atomic E-state index is 0.00709. The van der Waals surface area contributed by atoms with Gasteiger partial charge < -0.3 is 5.32 Å². The molecule has 1 N–H and O–H groups in total. The number of para-hydroxylation sites is 1. The Balaban J connectivity index is 1.87. The smallest absolute Gasteiger partial charge is 0.331 e. The first kappa shape index (κ1) is 20.6. The van der Waals surface area contributed by atoms with Crippen molar-refractivity contribution in [3.05, 3.63) is 81.0 Å². The van der Waals surface area contributed by atoms with Gasteiger partial charge in [0, 0.05) is 19.0 Å². The van der Waals surface area contributed by atoms with Gasteiger partial charge in [-0.25, -0.2) is 4.79 Å². The maximum Gasteiger partial charge on any atom is 0.331 e. The molecule has 0 aliphatic rings. The molecular formula is C23H27N3O3. The van der Waals surface area contributed by atoms with Gasteiger partial charge in [-0.1, -0.05) is 42.5 Å². The van der Waals surface area contributed by atoms with E-state index in [0.717, 1.165) is 5.56 Å². The van der Waals surface area contributed by atoms with E-state index in [1.807, 2.05) is 62.4 Å². The Morgan fingerprint density at radius 3 is 2.34 bits per heavy atom. The SMILES string of the molecule is CC(C)NC(=O)CCCCn1c(=O)c2ccccc2n(Cc2ccccc2)c1=O. The molecule has 0 saturated heterocycles. The molecule has 3 aromatic rings. The van der Waals surface area contributed by atoms with Gasteiger partial charge in [0.05, 0.1) is 17.4 Å². The minimum atomic E-state index is -0.316. The molecule has 0 aliphatic carbocycles. The zero-order valence-electron chi connectivity index (χ0n) is 16.9. The quantitative estimate of drug-likeness (QED) is 0.598. The highest BCUT2D eigenvalue weighted by molar-refractivity contribution is 5.78. The van der Waals surface area contributed by atoms with Gasteiger partial charge in [-0.2, -0.15) is 0 Å². The third-order valence-corrected chi connectivity index (χ3v) is 4.80. The molecule has 2 aromatic carbocycles. The molecule has 1 amide bonds. The molecule has 6 nitrogen and oxygen atoms in total. The van der Waals surface area contributed by atoms with Crippen LogP contribution in [0.4, 0.5) is 0 Å². The van der Waals surface area contributed by atoms with E-state index < -0.39 is 0 Å². The van der Waals surface area contributed by atoms with Crippen LogP contribution in [-0.4, -0.2) is 21.1 Å². The first-order valence-electron chi connectivity index (χ1n) is 10.0. The van der Waals surface area contributed by atoms with Gasteiger partial charge in [-0.05, 0) is 44.4 Å². The van der Waals surface area contributed by atoms with Crippen LogP contribution >= 0.6 is 0 Å². The fourth-order valence-electron chi connectivity index (χ4n) is 3.44. The predicted molar refractivity (Wildman–Crippen MR) is 115 cm³/mol. The van der Waals surface area contributed by atoms with Crippen LogP contribution in [0.5, 0.6) is 0 Å². The summed E-state index contributed by atoms with van der Waals surface area (Å²) in [6.45, 7) is 4.53. The van der Waals surface area contributed by atoms with E-state index in [1.165, 1.54) is 4.57 Å². The Kier molecular flexibility index (Phi) is 6.65. The van der Waals surface area contributed by atoms with Gasteiger partial charge in [0.15, 0.2) is 0 Å². The summed E-state index contributed by atoms with van der Waals surface area (Å²) >= 11 is 0.